The number of halogens is 4. The molecule has 1 saturated heterocycles. The van der Waals surface area contributed by atoms with E-state index >= 15 is 0 Å². The first-order valence-corrected chi connectivity index (χ1v) is 13.1. The van der Waals surface area contributed by atoms with Crippen LogP contribution in [0.25, 0.3) is 0 Å². The minimum Gasteiger partial charge on any atom is -0.490 e. The first kappa shape index (κ1) is 28.2. The van der Waals surface area contributed by atoms with E-state index in [1.165, 1.54) is 23.1 Å². The zero-order valence-electron chi connectivity index (χ0n) is 21.4. The quantitative estimate of drug-likeness (QED) is 0.507. The van der Waals surface area contributed by atoms with E-state index in [1.54, 1.807) is 32.3 Å². The van der Waals surface area contributed by atoms with Crippen LogP contribution in [0.5, 0.6) is 5.75 Å². The van der Waals surface area contributed by atoms with Gasteiger partial charge in [-0.3, -0.25) is 9.59 Å². The van der Waals surface area contributed by atoms with Crippen molar-refractivity contribution in [2.45, 2.75) is 50.0 Å². The molecular formula is C28H32ClF3N2O4. The minimum absolute atomic E-state index is 0.0424. The van der Waals surface area contributed by atoms with Crippen molar-refractivity contribution in [2.75, 3.05) is 27.2 Å². The van der Waals surface area contributed by atoms with E-state index in [2.05, 4.69) is 0 Å². The fourth-order valence-corrected chi connectivity index (χ4v) is 5.55. The molecule has 0 bridgehead atoms. The van der Waals surface area contributed by atoms with Crippen LogP contribution in [0, 0.1) is 11.8 Å². The molecule has 2 aromatic rings. The molecule has 2 aromatic carbocycles. The first-order valence-electron chi connectivity index (χ1n) is 12.7. The second kappa shape index (κ2) is 11.1. The van der Waals surface area contributed by atoms with Crippen LogP contribution in [-0.2, 0) is 10.4 Å². The maximum atomic E-state index is 13.9. The summed E-state index contributed by atoms with van der Waals surface area (Å²) in [5.41, 5.74) is -3.61. The van der Waals surface area contributed by atoms with Gasteiger partial charge in [0.15, 0.2) is 0 Å². The summed E-state index contributed by atoms with van der Waals surface area (Å²) in [5, 5.41) is 10.9. The van der Waals surface area contributed by atoms with Gasteiger partial charge in [-0.2, -0.15) is 13.2 Å². The van der Waals surface area contributed by atoms with Crippen LogP contribution in [0.2, 0.25) is 5.02 Å². The Labute approximate surface area is 225 Å². The third kappa shape index (κ3) is 5.78. The second-order valence-electron chi connectivity index (χ2n) is 10.5. The summed E-state index contributed by atoms with van der Waals surface area (Å²) in [6.45, 7) is 0.357. The van der Waals surface area contributed by atoms with Gasteiger partial charge in [0.25, 0.3) is 17.4 Å². The fraction of sp³-hybridized carbons (Fsp3) is 0.500. The third-order valence-corrected chi connectivity index (χ3v) is 7.86. The predicted octanol–water partition coefficient (Wildman–Crippen LogP) is 5.28. The molecular weight excluding hydrogens is 521 g/mol. The number of benzene rings is 2. The number of nitrogens with zero attached hydrogens (tertiary/aromatic N) is 2. The van der Waals surface area contributed by atoms with Crippen LogP contribution >= 0.6 is 11.6 Å². The lowest BCUT2D eigenvalue weighted by atomic mass is 9.74. The Bertz CT molecular complexity index is 1150. The predicted molar refractivity (Wildman–Crippen MR) is 137 cm³/mol. The van der Waals surface area contributed by atoms with Gasteiger partial charge in [0.05, 0.1) is 16.7 Å². The summed E-state index contributed by atoms with van der Waals surface area (Å²) >= 11 is 6.26. The molecule has 2 fully saturated rings. The average Bonchev–Trinajstić information content (AvgIpc) is 2.86. The van der Waals surface area contributed by atoms with E-state index in [0.717, 1.165) is 36.3 Å². The Morgan fingerprint density at radius 2 is 1.68 bits per heavy atom. The second-order valence-corrected chi connectivity index (χ2v) is 10.9. The van der Waals surface area contributed by atoms with Gasteiger partial charge in [-0.25, -0.2) is 0 Å². The van der Waals surface area contributed by atoms with Crippen molar-refractivity contribution in [3.63, 3.8) is 0 Å². The standard InChI is InChI=1S/C28H32ClF3N2O4/c1-33(2)25(35)23-9-8-21(17-24(23)29)38-22-15-19(16-22)14-18-10-12-34(13-11-18)26(36)27(37,28(30,31)32)20-6-4-3-5-7-20/h3-9,17-19,22,37H,10-16H2,1-2H3/t19-,22+,27?. The van der Waals surface area contributed by atoms with Crippen molar-refractivity contribution in [1.82, 2.24) is 9.80 Å². The summed E-state index contributed by atoms with van der Waals surface area (Å²) in [6, 6.07) is 11.6. The number of ether oxygens (including phenoxy) is 1. The summed E-state index contributed by atoms with van der Waals surface area (Å²) in [5.74, 6) is -0.152. The molecule has 0 aromatic heterocycles. The molecule has 4 rings (SSSR count). The van der Waals surface area contributed by atoms with Crippen molar-refractivity contribution in [3.8, 4) is 5.75 Å². The van der Waals surface area contributed by atoms with Gasteiger partial charge in [0, 0.05) is 32.7 Å². The number of amides is 2. The topological polar surface area (TPSA) is 70.1 Å². The molecule has 0 radical (unpaired) electrons. The molecule has 1 aliphatic heterocycles. The van der Waals surface area contributed by atoms with E-state index in [1.807, 2.05) is 0 Å². The largest absolute Gasteiger partial charge is 0.490 e. The highest BCUT2D eigenvalue weighted by Crippen LogP contribution is 2.42. The highest BCUT2D eigenvalue weighted by atomic mass is 35.5. The lowest BCUT2D eigenvalue weighted by Crippen LogP contribution is -2.57. The summed E-state index contributed by atoms with van der Waals surface area (Å²) in [4.78, 5) is 27.6. The van der Waals surface area contributed by atoms with Crippen LogP contribution in [0.4, 0.5) is 13.2 Å². The molecule has 1 aliphatic carbocycles. The zero-order chi connectivity index (χ0) is 27.7. The number of carbonyl (C=O) groups is 2. The van der Waals surface area contributed by atoms with Gasteiger partial charge in [0.2, 0.25) is 0 Å². The monoisotopic (exact) mass is 552 g/mol. The number of likely N-dealkylation sites (tertiary alicyclic amines) is 1. The van der Waals surface area contributed by atoms with Crippen LogP contribution < -0.4 is 4.74 Å². The molecule has 10 heteroatoms. The number of aliphatic hydroxyl groups is 1. The molecule has 206 valence electrons. The van der Waals surface area contributed by atoms with E-state index in [0.29, 0.717) is 41.0 Å². The van der Waals surface area contributed by atoms with Crippen molar-refractivity contribution in [3.05, 3.63) is 64.7 Å². The highest BCUT2D eigenvalue weighted by molar-refractivity contribution is 6.34. The molecule has 38 heavy (non-hydrogen) atoms. The molecule has 1 saturated carbocycles. The lowest BCUT2D eigenvalue weighted by molar-refractivity contribution is -0.262. The Morgan fingerprint density at radius 1 is 1.05 bits per heavy atom. The van der Waals surface area contributed by atoms with E-state index in [9.17, 15) is 27.9 Å². The van der Waals surface area contributed by atoms with Gasteiger partial charge in [-0.05, 0) is 62.1 Å². The van der Waals surface area contributed by atoms with Gasteiger partial charge in [0.1, 0.15) is 5.75 Å². The van der Waals surface area contributed by atoms with Gasteiger partial charge >= 0.3 is 6.18 Å². The Hall–Kier alpha value is -2.78. The molecule has 0 spiro atoms. The molecule has 1 atom stereocenters. The maximum Gasteiger partial charge on any atom is 0.430 e. The summed E-state index contributed by atoms with van der Waals surface area (Å²) < 4.78 is 47.6. The number of alkyl halides is 3. The highest BCUT2D eigenvalue weighted by Gasteiger charge is 2.62. The number of carbonyl (C=O) groups excluding carboxylic acids is 2. The van der Waals surface area contributed by atoms with Gasteiger partial charge in [-0.15, -0.1) is 0 Å². The van der Waals surface area contributed by atoms with Crippen LogP contribution in [0.1, 0.15) is 48.0 Å². The Morgan fingerprint density at radius 3 is 2.24 bits per heavy atom. The molecule has 1 heterocycles. The zero-order valence-corrected chi connectivity index (χ0v) is 22.1. The average molecular weight is 553 g/mol. The van der Waals surface area contributed by atoms with E-state index in [-0.39, 0.29) is 25.1 Å². The van der Waals surface area contributed by atoms with Crippen molar-refractivity contribution in [2.24, 2.45) is 11.8 Å². The van der Waals surface area contributed by atoms with Gasteiger partial charge in [-0.1, -0.05) is 41.9 Å². The van der Waals surface area contributed by atoms with Gasteiger partial charge < -0.3 is 19.6 Å². The van der Waals surface area contributed by atoms with Crippen molar-refractivity contribution >= 4 is 23.4 Å². The molecule has 6 nitrogen and oxygen atoms in total. The number of rotatable bonds is 7. The fourth-order valence-electron chi connectivity index (χ4n) is 5.30. The summed E-state index contributed by atoms with van der Waals surface area (Å²) in [6.07, 6.45) is -1.27. The molecule has 2 amide bonds. The smallest absolute Gasteiger partial charge is 0.430 e. The third-order valence-electron chi connectivity index (χ3n) is 7.55. The van der Waals surface area contributed by atoms with Crippen molar-refractivity contribution in [1.29, 1.82) is 0 Å². The normalized spacial score (nSPS) is 21.8. The minimum atomic E-state index is -5.13. The maximum absolute atomic E-state index is 13.9. The SMILES string of the molecule is CN(C)C(=O)c1ccc(O[C@H]2C[C@@H](CC3CCN(C(=O)C(O)(c4ccccc4)C(F)(F)F)CC3)C2)cc1Cl. The molecule has 1 N–H and O–H groups in total. The van der Waals surface area contributed by atoms with Crippen LogP contribution in [-0.4, -0.2) is 66.2 Å². The lowest BCUT2D eigenvalue weighted by Gasteiger charge is -2.41. The van der Waals surface area contributed by atoms with Crippen LogP contribution in [0.3, 0.4) is 0 Å². The van der Waals surface area contributed by atoms with Crippen molar-refractivity contribution < 1.29 is 32.6 Å². The first-order chi connectivity index (χ1) is 17.9. The summed E-state index contributed by atoms with van der Waals surface area (Å²) in [7, 11) is 3.32. The van der Waals surface area contributed by atoms with E-state index in [4.69, 9.17) is 16.3 Å². The molecule has 2 aliphatic rings. The Balaban J connectivity index is 1.25. The number of hydrogen-bond donors (Lipinski definition) is 1. The Kier molecular flexibility index (Phi) is 8.28. The number of hydrogen-bond acceptors (Lipinski definition) is 4. The van der Waals surface area contributed by atoms with E-state index < -0.39 is 23.2 Å². The molecule has 1 unspecified atom stereocenters. The van der Waals surface area contributed by atoms with Crippen LogP contribution in [0.15, 0.2) is 48.5 Å². The number of piperidine rings is 1.